The van der Waals surface area contributed by atoms with E-state index in [0.29, 0.717) is 23.1 Å². The number of alkyl halides is 1. The van der Waals surface area contributed by atoms with E-state index in [0.717, 1.165) is 11.3 Å². The van der Waals surface area contributed by atoms with E-state index in [1.54, 1.807) is 10.8 Å². The van der Waals surface area contributed by atoms with E-state index < -0.39 is 6.67 Å². The van der Waals surface area contributed by atoms with Crippen LogP contribution >= 0.6 is 11.8 Å². The summed E-state index contributed by atoms with van der Waals surface area (Å²) in [6, 6.07) is 5.43. The summed E-state index contributed by atoms with van der Waals surface area (Å²) in [4.78, 5) is 21.4. The fourth-order valence-corrected chi connectivity index (χ4v) is 3.56. The largest absolute Gasteiger partial charge is 0.287 e. The first-order valence-electron chi connectivity index (χ1n) is 7.66. The standard InChI is InChI=1S/C17H20FN3OS/c1-17(2,3)14-5-4-12(8-19-14)13-6-15(22)21-9-11(7-18)10-23-16(21)20-13/h4-6,8,11H,7,9-10H2,1-3H3. The van der Waals surface area contributed by atoms with Crippen LogP contribution in [0.15, 0.2) is 34.3 Å². The number of hydrogen-bond donors (Lipinski definition) is 0. The van der Waals surface area contributed by atoms with E-state index in [1.807, 2.05) is 12.1 Å². The zero-order chi connectivity index (χ0) is 16.6. The predicted molar refractivity (Wildman–Crippen MR) is 90.6 cm³/mol. The molecule has 1 aliphatic rings. The molecule has 0 saturated heterocycles. The highest BCUT2D eigenvalue weighted by Gasteiger charge is 2.22. The maximum Gasteiger partial charge on any atom is 0.254 e. The summed E-state index contributed by atoms with van der Waals surface area (Å²) in [6.07, 6.45) is 1.76. The minimum atomic E-state index is -0.404. The molecule has 0 spiro atoms. The van der Waals surface area contributed by atoms with Crippen molar-refractivity contribution in [3.63, 3.8) is 0 Å². The smallest absolute Gasteiger partial charge is 0.254 e. The molecular formula is C17H20FN3OS. The lowest BCUT2D eigenvalue weighted by atomic mass is 9.91. The first-order chi connectivity index (χ1) is 10.9. The van der Waals surface area contributed by atoms with Gasteiger partial charge in [-0.1, -0.05) is 32.5 Å². The van der Waals surface area contributed by atoms with E-state index in [4.69, 9.17) is 0 Å². The molecule has 0 radical (unpaired) electrons. The molecule has 0 fully saturated rings. The van der Waals surface area contributed by atoms with Gasteiger partial charge in [-0.05, 0) is 12.1 Å². The van der Waals surface area contributed by atoms with Gasteiger partial charge < -0.3 is 0 Å². The molecule has 0 N–H and O–H groups in total. The zero-order valence-corrected chi connectivity index (χ0v) is 14.4. The molecule has 0 amide bonds. The quantitative estimate of drug-likeness (QED) is 0.791. The summed E-state index contributed by atoms with van der Waals surface area (Å²) < 4.78 is 14.4. The molecule has 3 rings (SSSR count). The van der Waals surface area contributed by atoms with Gasteiger partial charge in [-0.15, -0.1) is 0 Å². The highest BCUT2D eigenvalue weighted by Crippen LogP contribution is 2.28. The van der Waals surface area contributed by atoms with E-state index in [-0.39, 0.29) is 16.9 Å². The van der Waals surface area contributed by atoms with Gasteiger partial charge in [0, 0.05) is 47.2 Å². The van der Waals surface area contributed by atoms with Gasteiger partial charge in [0.05, 0.1) is 12.4 Å². The molecule has 1 unspecified atom stereocenters. The fourth-order valence-electron chi connectivity index (χ4n) is 2.50. The number of halogens is 1. The summed E-state index contributed by atoms with van der Waals surface area (Å²) >= 11 is 1.44. The molecule has 3 heterocycles. The number of thioether (sulfide) groups is 1. The average Bonchev–Trinajstić information content (AvgIpc) is 2.54. The molecule has 0 bridgehead atoms. The van der Waals surface area contributed by atoms with Crippen molar-refractivity contribution in [1.29, 1.82) is 0 Å². The lowest BCUT2D eigenvalue weighted by Gasteiger charge is -2.23. The molecule has 6 heteroatoms. The Labute approximate surface area is 139 Å². The van der Waals surface area contributed by atoms with Crippen molar-refractivity contribution in [2.75, 3.05) is 12.4 Å². The monoisotopic (exact) mass is 333 g/mol. The highest BCUT2D eigenvalue weighted by molar-refractivity contribution is 7.99. The third-order valence-corrected chi connectivity index (χ3v) is 5.12. The second-order valence-electron chi connectivity index (χ2n) is 6.89. The molecule has 0 aromatic carbocycles. The van der Waals surface area contributed by atoms with Crippen molar-refractivity contribution in [3.05, 3.63) is 40.4 Å². The van der Waals surface area contributed by atoms with Crippen LogP contribution < -0.4 is 5.56 Å². The first-order valence-corrected chi connectivity index (χ1v) is 8.64. The highest BCUT2D eigenvalue weighted by atomic mass is 32.2. The zero-order valence-electron chi connectivity index (χ0n) is 13.5. The molecule has 2 aromatic rings. The van der Waals surface area contributed by atoms with Crippen molar-refractivity contribution >= 4 is 11.8 Å². The van der Waals surface area contributed by atoms with Crippen LogP contribution in [0.25, 0.3) is 11.3 Å². The summed E-state index contributed by atoms with van der Waals surface area (Å²) in [6.45, 7) is 6.33. The number of rotatable bonds is 2. The number of fused-ring (bicyclic) bond motifs is 1. The van der Waals surface area contributed by atoms with Crippen LogP contribution in [0.3, 0.4) is 0 Å². The van der Waals surface area contributed by atoms with Gasteiger partial charge in [-0.2, -0.15) is 0 Å². The lowest BCUT2D eigenvalue weighted by Crippen LogP contribution is -2.31. The number of aromatic nitrogens is 3. The SMILES string of the molecule is CC(C)(C)c1ccc(-c2cc(=O)n3c(n2)SCC(CF)C3)cn1. The van der Waals surface area contributed by atoms with Crippen LogP contribution in [-0.2, 0) is 12.0 Å². The second kappa shape index (κ2) is 6.07. The van der Waals surface area contributed by atoms with Crippen LogP contribution in [0.1, 0.15) is 26.5 Å². The van der Waals surface area contributed by atoms with Gasteiger partial charge in [0.1, 0.15) is 0 Å². The molecule has 122 valence electrons. The summed E-state index contributed by atoms with van der Waals surface area (Å²) in [5.41, 5.74) is 2.30. The van der Waals surface area contributed by atoms with Crippen molar-refractivity contribution in [3.8, 4) is 11.3 Å². The third kappa shape index (κ3) is 3.32. The molecular weight excluding hydrogens is 313 g/mol. The Morgan fingerprint density at radius 2 is 2.17 bits per heavy atom. The van der Waals surface area contributed by atoms with Crippen LogP contribution in [0, 0.1) is 5.92 Å². The second-order valence-corrected chi connectivity index (χ2v) is 7.87. The lowest BCUT2D eigenvalue weighted by molar-refractivity contribution is 0.331. The normalized spacial score (nSPS) is 17.8. The Bertz CT molecular complexity index is 765. The van der Waals surface area contributed by atoms with Crippen LogP contribution in [0.5, 0.6) is 0 Å². The molecule has 1 aliphatic heterocycles. The van der Waals surface area contributed by atoms with Gasteiger partial charge in [-0.25, -0.2) is 4.98 Å². The minimum Gasteiger partial charge on any atom is -0.287 e. The van der Waals surface area contributed by atoms with E-state index in [2.05, 4.69) is 30.7 Å². The minimum absolute atomic E-state index is 0.0153. The van der Waals surface area contributed by atoms with Gasteiger partial charge >= 0.3 is 0 Å². The summed E-state index contributed by atoms with van der Waals surface area (Å²) in [7, 11) is 0. The van der Waals surface area contributed by atoms with Gasteiger partial charge in [-0.3, -0.25) is 18.7 Å². The maximum atomic E-state index is 12.8. The van der Waals surface area contributed by atoms with E-state index >= 15 is 0 Å². The van der Waals surface area contributed by atoms with Crippen molar-refractivity contribution in [2.45, 2.75) is 37.9 Å². The molecule has 23 heavy (non-hydrogen) atoms. The summed E-state index contributed by atoms with van der Waals surface area (Å²) in [5, 5.41) is 0.664. The van der Waals surface area contributed by atoms with Gasteiger partial charge in [0.25, 0.3) is 5.56 Å². The molecule has 2 aromatic heterocycles. The Balaban J connectivity index is 1.96. The van der Waals surface area contributed by atoms with Crippen LogP contribution in [0.4, 0.5) is 4.39 Å². The van der Waals surface area contributed by atoms with Crippen LogP contribution in [0.2, 0.25) is 0 Å². The Morgan fingerprint density at radius 3 is 2.78 bits per heavy atom. The average molecular weight is 333 g/mol. The topological polar surface area (TPSA) is 47.8 Å². The fraction of sp³-hybridized carbons (Fsp3) is 0.471. The Kier molecular flexibility index (Phi) is 4.27. The van der Waals surface area contributed by atoms with Gasteiger partial charge in [0.15, 0.2) is 5.16 Å². The van der Waals surface area contributed by atoms with Crippen LogP contribution in [-0.4, -0.2) is 27.0 Å². The molecule has 4 nitrogen and oxygen atoms in total. The summed E-state index contributed by atoms with van der Waals surface area (Å²) in [5.74, 6) is 0.554. The number of nitrogens with zero attached hydrogens (tertiary/aromatic N) is 3. The Morgan fingerprint density at radius 1 is 1.39 bits per heavy atom. The molecule has 0 saturated carbocycles. The number of hydrogen-bond acceptors (Lipinski definition) is 4. The predicted octanol–water partition coefficient (Wildman–Crippen LogP) is 3.29. The number of pyridine rings is 1. The molecule has 0 aliphatic carbocycles. The maximum absolute atomic E-state index is 12.8. The Hall–Kier alpha value is -1.69. The third-order valence-electron chi connectivity index (χ3n) is 3.91. The van der Waals surface area contributed by atoms with Gasteiger partial charge in [0.2, 0.25) is 0 Å². The first kappa shape index (κ1) is 16.2. The van der Waals surface area contributed by atoms with E-state index in [9.17, 15) is 9.18 Å². The van der Waals surface area contributed by atoms with Crippen molar-refractivity contribution in [1.82, 2.24) is 14.5 Å². The van der Waals surface area contributed by atoms with E-state index in [1.165, 1.54) is 17.8 Å². The van der Waals surface area contributed by atoms with Crippen molar-refractivity contribution < 1.29 is 4.39 Å². The van der Waals surface area contributed by atoms with Crippen molar-refractivity contribution in [2.24, 2.45) is 5.92 Å². The molecule has 1 atom stereocenters.